The predicted octanol–water partition coefficient (Wildman–Crippen LogP) is 4.13. The van der Waals surface area contributed by atoms with Crippen LogP contribution in [0.3, 0.4) is 0 Å². The molecule has 2 nitrogen and oxygen atoms in total. The number of pyridine rings is 1. The summed E-state index contributed by atoms with van der Waals surface area (Å²) < 4.78 is 38.0. The first kappa shape index (κ1) is 13.0. The van der Waals surface area contributed by atoms with Crippen LogP contribution in [0.2, 0.25) is 0 Å². The largest absolute Gasteiger partial charge is 0.433 e. The van der Waals surface area contributed by atoms with Gasteiger partial charge in [-0.15, -0.1) is 0 Å². The second-order valence-corrected chi connectivity index (χ2v) is 4.81. The van der Waals surface area contributed by atoms with Crippen molar-refractivity contribution in [1.29, 1.82) is 0 Å². The van der Waals surface area contributed by atoms with Gasteiger partial charge < -0.3 is 5.32 Å². The van der Waals surface area contributed by atoms with Crippen LogP contribution < -0.4 is 5.32 Å². The Balaban J connectivity index is 2.01. The zero-order valence-corrected chi connectivity index (χ0v) is 10.7. The lowest BCUT2D eigenvalue weighted by Gasteiger charge is -2.18. The lowest BCUT2D eigenvalue weighted by atomic mass is 10.00. The molecule has 0 saturated carbocycles. The van der Waals surface area contributed by atoms with Crippen molar-refractivity contribution in [3.05, 3.63) is 47.7 Å². The van der Waals surface area contributed by atoms with Crippen LogP contribution in [-0.2, 0) is 12.6 Å². The zero-order chi connectivity index (χ0) is 14.2. The number of aryl methyl sites for hydroxylation is 1. The summed E-state index contributed by atoms with van der Waals surface area (Å²) in [5, 5.41) is 3.27. The standard InChI is InChI=1S/C15H13F3N2/c16-15(17,18)14-5-1-4-12(20-14)11-7-6-10-3-2-8-19-13(10)9-11/h1,4-7,9,19H,2-3,8H2. The molecule has 1 aliphatic heterocycles. The first-order chi connectivity index (χ1) is 9.54. The number of fused-ring (bicyclic) bond motifs is 1. The summed E-state index contributed by atoms with van der Waals surface area (Å²) >= 11 is 0. The number of halogens is 3. The van der Waals surface area contributed by atoms with Gasteiger partial charge in [-0.25, -0.2) is 4.98 Å². The molecule has 1 aromatic carbocycles. The highest BCUT2D eigenvalue weighted by molar-refractivity contribution is 5.68. The second kappa shape index (κ2) is 4.81. The van der Waals surface area contributed by atoms with E-state index in [-0.39, 0.29) is 0 Å². The predicted molar refractivity (Wildman–Crippen MR) is 71.5 cm³/mol. The van der Waals surface area contributed by atoms with E-state index < -0.39 is 11.9 Å². The molecule has 0 spiro atoms. The van der Waals surface area contributed by atoms with Crippen molar-refractivity contribution >= 4 is 5.69 Å². The van der Waals surface area contributed by atoms with E-state index in [9.17, 15) is 13.2 Å². The normalized spacial score (nSPS) is 14.6. The van der Waals surface area contributed by atoms with E-state index in [4.69, 9.17) is 0 Å². The molecule has 1 aliphatic rings. The highest BCUT2D eigenvalue weighted by Gasteiger charge is 2.32. The van der Waals surface area contributed by atoms with Crippen LogP contribution in [0.4, 0.5) is 18.9 Å². The Morgan fingerprint density at radius 1 is 1.10 bits per heavy atom. The Kier molecular flexibility index (Phi) is 3.12. The summed E-state index contributed by atoms with van der Waals surface area (Å²) in [7, 11) is 0. The second-order valence-electron chi connectivity index (χ2n) is 4.81. The lowest BCUT2D eigenvalue weighted by molar-refractivity contribution is -0.141. The smallest absolute Gasteiger partial charge is 0.385 e. The zero-order valence-electron chi connectivity index (χ0n) is 10.7. The summed E-state index contributed by atoms with van der Waals surface area (Å²) in [5.74, 6) is 0. The van der Waals surface area contributed by atoms with Crippen molar-refractivity contribution in [2.45, 2.75) is 19.0 Å². The third-order valence-electron chi connectivity index (χ3n) is 3.38. The molecule has 3 rings (SSSR count). The number of hydrogen-bond donors (Lipinski definition) is 1. The molecule has 0 saturated heterocycles. The highest BCUT2D eigenvalue weighted by Crippen LogP contribution is 2.31. The molecular formula is C15H13F3N2. The van der Waals surface area contributed by atoms with E-state index in [1.165, 1.54) is 11.6 Å². The number of nitrogens with zero attached hydrogens (tertiary/aromatic N) is 1. The van der Waals surface area contributed by atoms with Gasteiger partial charge in [0.25, 0.3) is 0 Å². The topological polar surface area (TPSA) is 24.9 Å². The third kappa shape index (κ3) is 2.48. The molecule has 0 fully saturated rings. The third-order valence-corrected chi connectivity index (χ3v) is 3.38. The Labute approximate surface area is 114 Å². The molecule has 2 heterocycles. The van der Waals surface area contributed by atoms with Gasteiger partial charge >= 0.3 is 6.18 Å². The summed E-state index contributed by atoms with van der Waals surface area (Å²) in [5.41, 5.74) is 2.37. The number of anilines is 1. The van der Waals surface area contributed by atoms with E-state index in [2.05, 4.69) is 10.3 Å². The van der Waals surface area contributed by atoms with E-state index in [1.807, 2.05) is 18.2 Å². The molecule has 0 aliphatic carbocycles. The van der Waals surface area contributed by atoms with E-state index >= 15 is 0 Å². The van der Waals surface area contributed by atoms with Crippen LogP contribution in [0, 0.1) is 0 Å². The molecule has 20 heavy (non-hydrogen) atoms. The molecule has 0 amide bonds. The molecule has 0 unspecified atom stereocenters. The summed E-state index contributed by atoms with van der Waals surface area (Å²) in [6, 6.07) is 9.63. The SMILES string of the molecule is FC(F)(F)c1cccc(-c2ccc3c(c2)NCCC3)n1. The van der Waals surface area contributed by atoms with Gasteiger partial charge in [0.1, 0.15) is 5.69 Å². The maximum absolute atomic E-state index is 12.7. The van der Waals surface area contributed by atoms with Crippen molar-refractivity contribution in [3.8, 4) is 11.3 Å². The molecule has 104 valence electrons. The molecule has 5 heteroatoms. The average Bonchev–Trinajstić information content (AvgIpc) is 2.46. The molecule has 0 radical (unpaired) electrons. The minimum absolute atomic E-state index is 0.343. The van der Waals surface area contributed by atoms with Gasteiger partial charge in [0.15, 0.2) is 0 Å². The van der Waals surface area contributed by atoms with Crippen LogP contribution in [0.15, 0.2) is 36.4 Å². The molecule has 1 aromatic heterocycles. The van der Waals surface area contributed by atoms with Gasteiger partial charge in [-0.1, -0.05) is 18.2 Å². The molecule has 0 atom stereocenters. The van der Waals surface area contributed by atoms with Crippen LogP contribution in [0.1, 0.15) is 17.7 Å². The summed E-state index contributed by atoms with van der Waals surface area (Å²) in [6.45, 7) is 0.895. The number of hydrogen-bond acceptors (Lipinski definition) is 2. The highest BCUT2D eigenvalue weighted by atomic mass is 19.4. The van der Waals surface area contributed by atoms with Crippen LogP contribution in [-0.4, -0.2) is 11.5 Å². The molecular weight excluding hydrogens is 265 g/mol. The first-order valence-corrected chi connectivity index (χ1v) is 6.45. The Morgan fingerprint density at radius 3 is 2.75 bits per heavy atom. The number of alkyl halides is 3. The Morgan fingerprint density at radius 2 is 1.95 bits per heavy atom. The Hall–Kier alpha value is -2.04. The fraction of sp³-hybridized carbons (Fsp3) is 0.267. The van der Waals surface area contributed by atoms with Crippen molar-refractivity contribution in [3.63, 3.8) is 0 Å². The first-order valence-electron chi connectivity index (χ1n) is 6.45. The van der Waals surface area contributed by atoms with Gasteiger partial charge in [-0.3, -0.25) is 0 Å². The van der Waals surface area contributed by atoms with Crippen LogP contribution in [0.25, 0.3) is 11.3 Å². The quantitative estimate of drug-likeness (QED) is 0.848. The van der Waals surface area contributed by atoms with E-state index in [0.29, 0.717) is 11.3 Å². The number of nitrogens with one attached hydrogen (secondary N) is 1. The fourth-order valence-corrected chi connectivity index (χ4v) is 2.37. The van der Waals surface area contributed by atoms with Gasteiger partial charge in [-0.05, 0) is 36.6 Å². The lowest BCUT2D eigenvalue weighted by Crippen LogP contribution is -2.11. The van der Waals surface area contributed by atoms with Gasteiger partial charge in [0.05, 0.1) is 5.69 Å². The van der Waals surface area contributed by atoms with Gasteiger partial charge in [-0.2, -0.15) is 13.2 Å². The maximum Gasteiger partial charge on any atom is 0.433 e. The van der Waals surface area contributed by atoms with Crippen molar-refractivity contribution in [1.82, 2.24) is 4.98 Å². The fourth-order valence-electron chi connectivity index (χ4n) is 2.37. The molecule has 1 N–H and O–H groups in total. The summed E-state index contributed by atoms with van der Waals surface area (Å²) in [6.07, 6.45) is -2.34. The minimum atomic E-state index is -4.41. The van der Waals surface area contributed by atoms with Gasteiger partial charge in [0, 0.05) is 17.8 Å². The van der Waals surface area contributed by atoms with E-state index in [1.54, 1.807) is 6.07 Å². The number of aromatic nitrogens is 1. The van der Waals surface area contributed by atoms with E-state index in [0.717, 1.165) is 31.1 Å². The number of benzene rings is 1. The minimum Gasteiger partial charge on any atom is -0.385 e. The maximum atomic E-state index is 12.7. The number of rotatable bonds is 1. The molecule has 2 aromatic rings. The van der Waals surface area contributed by atoms with Crippen molar-refractivity contribution in [2.24, 2.45) is 0 Å². The van der Waals surface area contributed by atoms with Crippen molar-refractivity contribution < 1.29 is 13.2 Å². The Bertz CT molecular complexity index is 635. The molecule has 0 bridgehead atoms. The van der Waals surface area contributed by atoms with Crippen LogP contribution >= 0.6 is 0 Å². The van der Waals surface area contributed by atoms with Gasteiger partial charge in [0.2, 0.25) is 0 Å². The summed E-state index contributed by atoms with van der Waals surface area (Å²) in [4.78, 5) is 3.71. The van der Waals surface area contributed by atoms with Crippen molar-refractivity contribution in [2.75, 3.05) is 11.9 Å². The monoisotopic (exact) mass is 278 g/mol. The average molecular weight is 278 g/mol. The van der Waals surface area contributed by atoms with Crippen LogP contribution in [0.5, 0.6) is 0 Å².